The molecular formula is C29H32Cl2N2O2S. The van der Waals surface area contributed by atoms with Crippen molar-refractivity contribution in [2.24, 2.45) is 0 Å². The zero-order chi connectivity index (χ0) is 26.1. The molecule has 0 bridgehead atoms. The Labute approximate surface area is 228 Å². The third-order valence-electron chi connectivity index (χ3n) is 5.48. The van der Waals surface area contributed by atoms with Crippen molar-refractivity contribution in [3.05, 3.63) is 106 Å². The fourth-order valence-corrected chi connectivity index (χ4v) is 5.06. The van der Waals surface area contributed by atoms with Gasteiger partial charge in [0, 0.05) is 34.3 Å². The molecule has 3 rings (SSSR count). The molecule has 0 heterocycles. The van der Waals surface area contributed by atoms with E-state index in [9.17, 15) is 9.59 Å². The van der Waals surface area contributed by atoms with E-state index in [-0.39, 0.29) is 17.6 Å². The summed E-state index contributed by atoms with van der Waals surface area (Å²) in [5, 5.41) is 4.39. The summed E-state index contributed by atoms with van der Waals surface area (Å²) < 4.78 is 0. The minimum absolute atomic E-state index is 0.105. The van der Waals surface area contributed by atoms with Crippen LogP contribution in [-0.4, -0.2) is 34.0 Å². The monoisotopic (exact) mass is 542 g/mol. The van der Waals surface area contributed by atoms with Crippen LogP contribution in [-0.2, 0) is 28.3 Å². The second kappa shape index (κ2) is 13.2. The molecule has 0 aliphatic heterocycles. The summed E-state index contributed by atoms with van der Waals surface area (Å²) in [5.41, 5.74) is 2.45. The largest absolute Gasteiger partial charge is 0.350 e. The van der Waals surface area contributed by atoms with Gasteiger partial charge in [-0.3, -0.25) is 9.59 Å². The Balaban J connectivity index is 1.87. The second-order valence-corrected chi connectivity index (χ2v) is 11.5. The molecule has 0 fully saturated rings. The number of carbonyl (C=O) groups is 2. The predicted molar refractivity (Wildman–Crippen MR) is 151 cm³/mol. The molecule has 2 amide bonds. The number of benzene rings is 3. The van der Waals surface area contributed by atoms with E-state index < -0.39 is 11.6 Å². The van der Waals surface area contributed by atoms with Gasteiger partial charge in [-0.2, -0.15) is 0 Å². The number of hydrogen-bond acceptors (Lipinski definition) is 3. The molecule has 0 aliphatic rings. The van der Waals surface area contributed by atoms with Crippen molar-refractivity contribution in [3.63, 3.8) is 0 Å². The highest BCUT2D eigenvalue weighted by Gasteiger charge is 2.32. The van der Waals surface area contributed by atoms with Crippen LogP contribution in [0.2, 0.25) is 10.0 Å². The van der Waals surface area contributed by atoms with E-state index in [2.05, 4.69) is 5.32 Å². The molecule has 4 nitrogen and oxygen atoms in total. The quantitative estimate of drug-likeness (QED) is 0.307. The fraction of sp³-hybridized carbons (Fsp3) is 0.310. The summed E-state index contributed by atoms with van der Waals surface area (Å²) in [7, 11) is 0. The number of thioether (sulfide) groups is 1. The van der Waals surface area contributed by atoms with E-state index in [1.54, 1.807) is 17.0 Å². The molecule has 0 aliphatic carbocycles. The van der Waals surface area contributed by atoms with Gasteiger partial charge in [-0.05, 0) is 55.7 Å². The standard InChI is InChI=1S/C29H32Cl2N2O2S/c1-29(2,3)32-28(35)26(17-21-9-5-4-6-10-21)33(18-22-13-15-24(30)16-14-22)27(34)20-36-19-23-11-7-8-12-25(23)31/h4-16,26H,17-20H2,1-3H3,(H,32,35). The van der Waals surface area contributed by atoms with Gasteiger partial charge in [0.1, 0.15) is 6.04 Å². The van der Waals surface area contributed by atoms with Gasteiger partial charge in [0.05, 0.1) is 5.75 Å². The first-order valence-corrected chi connectivity index (χ1v) is 13.7. The molecule has 1 unspecified atom stereocenters. The summed E-state index contributed by atoms with van der Waals surface area (Å²) >= 11 is 13.9. The lowest BCUT2D eigenvalue weighted by Crippen LogP contribution is -2.54. The predicted octanol–water partition coefficient (Wildman–Crippen LogP) is 6.78. The van der Waals surface area contributed by atoms with Gasteiger partial charge in [0.2, 0.25) is 11.8 Å². The van der Waals surface area contributed by atoms with Crippen LogP contribution in [0.15, 0.2) is 78.9 Å². The van der Waals surface area contributed by atoms with Crippen LogP contribution in [0.3, 0.4) is 0 Å². The number of amides is 2. The van der Waals surface area contributed by atoms with Crippen molar-refractivity contribution in [2.75, 3.05) is 5.75 Å². The number of halogens is 2. The number of nitrogens with one attached hydrogen (secondary N) is 1. The Morgan fingerprint density at radius 1 is 0.889 bits per heavy atom. The van der Waals surface area contributed by atoms with Crippen molar-refractivity contribution in [1.29, 1.82) is 0 Å². The Kier molecular flexibility index (Phi) is 10.3. The van der Waals surface area contributed by atoms with Crippen molar-refractivity contribution < 1.29 is 9.59 Å². The Morgan fingerprint density at radius 2 is 1.53 bits per heavy atom. The maximum atomic E-state index is 13.7. The molecule has 190 valence electrons. The molecule has 1 N–H and O–H groups in total. The van der Waals surface area contributed by atoms with Crippen LogP contribution in [0.5, 0.6) is 0 Å². The van der Waals surface area contributed by atoms with Crippen LogP contribution in [0.4, 0.5) is 0 Å². The lowest BCUT2D eigenvalue weighted by atomic mass is 10.0. The lowest BCUT2D eigenvalue weighted by Gasteiger charge is -2.34. The molecule has 0 saturated carbocycles. The van der Waals surface area contributed by atoms with Gasteiger partial charge in [-0.25, -0.2) is 0 Å². The smallest absolute Gasteiger partial charge is 0.243 e. The maximum absolute atomic E-state index is 13.7. The average Bonchev–Trinajstić information content (AvgIpc) is 2.83. The number of rotatable bonds is 10. The van der Waals surface area contributed by atoms with E-state index in [1.807, 2.05) is 87.5 Å². The molecule has 7 heteroatoms. The van der Waals surface area contributed by atoms with Crippen LogP contribution < -0.4 is 5.32 Å². The van der Waals surface area contributed by atoms with Gasteiger partial charge in [-0.15, -0.1) is 11.8 Å². The van der Waals surface area contributed by atoms with Gasteiger partial charge in [0.25, 0.3) is 0 Å². The van der Waals surface area contributed by atoms with Crippen LogP contribution in [0.25, 0.3) is 0 Å². The van der Waals surface area contributed by atoms with Crippen LogP contribution in [0, 0.1) is 0 Å². The van der Waals surface area contributed by atoms with E-state index in [0.717, 1.165) is 16.7 Å². The fourth-order valence-electron chi connectivity index (χ4n) is 3.74. The zero-order valence-corrected chi connectivity index (χ0v) is 23.2. The van der Waals surface area contributed by atoms with Gasteiger partial charge in [0.15, 0.2) is 0 Å². The molecule has 0 saturated heterocycles. The average molecular weight is 544 g/mol. The molecule has 3 aromatic rings. The Morgan fingerprint density at radius 3 is 2.17 bits per heavy atom. The molecule has 0 spiro atoms. The molecule has 0 radical (unpaired) electrons. The maximum Gasteiger partial charge on any atom is 0.243 e. The van der Waals surface area contributed by atoms with Crippen LogP contribution >= 0.6 is 35.0 Å². The molecule has 36 heavy (non-hydrogen) atoms. The van der Waals surface area contributed by atoms with Crippen molar-refractivity contribution in [1.82, 2.24) is 10.2 Å². The Bertz CT molecular complexity index is 1150. The summed E-state index contributed by atoms with van der Waals surface area (Å²) in [4.78, 5) is 28.9. The van der Waals surface area contributed by atoms with Gasteiger partial charge >= 0.3 is 0 Å². The molecular weight excluding hydrogens is 511 g/mol. The first-order chi connectivity index (χ1) is 17.1. The topological polar surface area (TPSA) is 49.4 Å². The summed E-state index contributed by atoms with van der Waals surface area (Å²) in [6, 6.07) is 24.1. The SMILES string of the molecule is CC(C)(C)NC(=O)C(Cc1ccccc1)N(Cc1ccc(Cl)cc1)C(=O)CSCc1ccccc1Cl. The highest BCUT2D eigenvalue weighted by Crippen LogP contribution is 2.23. The highest BCUT2D eigenvalue weighted by molar-refractivity contribution is 7.99. The highest BCUT2D eigenvalue weighted by atomic mass is 35.5. The van der Waals surface area contributed by atoms with E-state index in [1.165, 1.54) is 11.8 Å². The van der Waals surface area contributed by atoms with Crippen molar-refractivity contribution >= 4 is 46.8 Å². The molecule has 3 aromatic carbocycles. The first-order valence-electron chi connectivity index (χ1n) is 11.8. The number of hydrogen-bond donors (Lipinski definition) is 1. The minimum Gasteiger partial charge on any atom is -0.350 e. The minimum atomic E-state index is -0.671. The first kappa shape index (κ1) is 28.1. The van der Waals surface area contributed by atoms with Crippen molar-refractivity contribution in [2.45, 2.75) is 51.1 Å². The third-order valence-corrected chi connectivity index (χ3v) is 7.06. The van der Waals surface area contributed by atoms with E-state index >= 15 is 0 Å². The normalized spacial score (nSPS) is 12.1. The van der Waals surface area contributed by atoms with E-state index in [0.29, 0.717) is 28.8 Å². The number of carbonyl (C=O) groups excluding carboxylic acids is 2. The number of nitrogens with zero attached hydrogens (tertiary/aromatic N) is 1. The summed E-state index contributed by atoms with van der Waals surface area (Å²) in [5.74, 6) is 0.557. The van der Waals surface area contributed by atoms with E-state index in [4.69, 9.17) is 23.2 Å². The summed E-state index contributed by atoms with van der Waals surface area (Å²) in [6.07, 6.45) is 0.414. The van der Waals surface area contributed by atoms with Crippen LogP contribution in [0.1, 0.15) is 37.5 Å². The lowest BCUT2D eigenvalue weighted by molar-refractivity contribution is -0.140. The second-order valence-electron chi connectivity index (χ2n) is 9.68. The van der Waals surface area contributed by atoms with Crippen molar-refractivity contribution in [3.8, 4) is 0 Å². The Hall–Kier alpha value is -2.47. The zero-order valence-electron chi connectivity index (χ0n) is 20.8. The van der Waals surface area contributed by atoms with Gasteiger partial charge < -0.3 is 10.2 Å². The summed E-state index contributed by atoms with van der Waals surface area (Å²) in [6.45, 7) is 6.12. The molecule has 0 aromatic heterocycles. The third kappa shape index (κ3) is 8.88. The van der Waals surface area contributed by atoms with Gasteiger partial charge in [-0.1, -0.05) is 83.9 Å². The molecule has 1 atom stereocenters.